The zero-order valence-electron chi connectivity index (χ0n) is 9.85. The molecule has 0 aliphatic heterocycles. The van der Waals surface area contributed by atoms with Crippen molar-refractivity contribution in [2.24, 2.45) is 0 Å². The van der Waals surface area contributed by atoms with Crippen LogP contribution in [0.1, 0.15) is 16.7 Å². The Morgan fingerprint density at radius 1 is 1.33 bits per heavy atom. The molecule has 18 heavy (non-hydrogen) atoms. The van der Waals surface area contributed by atoms with E-state index < -0.39 is 5.82 Å². The van der Waals surface area contributed by atoms with E-state index in [1.807, 2.05) is 13.0 Å². The zero-order chi connectivity index (χ0) is 13.1. The summed E-state index contributed by atoms with van der Waals surface area (Å²) in [4.78, 5) is 11.7. The number of halogens is 1. The summed E-state index contributed by atoms with van der Waals surface area (Å²) in [6.45, 7) is 1.95. The molecule has 0 N–H and O–H groups in total. The molecule has 0 aliphatic rings. The lowest BCUT2D eigenvalue weighted by Gasteiger charge is -2.07. The number of hydrogen-bond acceptors (Lipinski definition) is 2. The van der Waals surface area contributed by atoms with Gasteiger partial charge in [0.1, 0.15) is 5.82 Å². The third-order valence-corrected chi connectivity index (χ3v) is 2.67. The Kier molecular flexibility index (Phi) is 3.24. The maximum Gasteiger partial charge on any atom is 0.251 e. The molecular weight excluding hydrogens is 231 g/mol. The third-order valence-electron chi connectivity index (χ3n) is 2.67. The monoisotopic (exact) mass is 242 g/mol. The van der Waals surface area contributed by atoms with E-state index in [2.05, 4.69) is 0 Å². The van der Waals surface area contributed by atoms with Gasteiger partial charge < -0.3 is 4.57 Å². The number of nitriles is 1. The summed E-state index contributed by atoms with van der Waals surface area (Å²) >= 11 is 0. The third kappa shape index (κ3) is 2.46. The van der Waals surface area contributed by atoms with Gasteiger partial charge in [0.25, 0.3) is 5.56 Å². The van der Waals surface area contributed by atoms with Gasteiger partial charge in [0.15, 0.2) is 0 Å². The van der Waals surface area contributed by atoms with Crippen molar-refractivity contribution in [1.29, 1.82) is 5.26 Å². The largest absolute Gasteiger partial charge is 0.311 e. The lowest BCUT2D eigenvalue weighted by molar-refractivity contribution is 0.596. The van der Waals surface area contributed by atoms with E-state index in [1.165, 1.54) is 28.8 Å². The van der Waals surface area contributed by atoms with Gasteiger partial charge in [-0.1, -0.05) is 0 Å². The lowest BCUT2D eigenvalue weighted by Crippen LogP contribution is -2.19. The molecule has 0 spiro atoms. The summed E-state index contributed by atoms with van der Waals surface area (Å²) in [6.07, 6.45) is 1.62. The molecule has 90 valence electrons. The van der Waals surface area contributed by atoms with Crippen LogP contribution in [0.2, 0.25) is 0 Å². The molecule has 0 saturated heterocycles. The van der Waals surface area contributed by atoms with Crippen LogP contribution in [-0.4, -0.2) is 4.57 Å². The molecule has 0 unspecified atom stereocenters. The quantitative estimate of drug-likeness (QED) is 0.810. The average Bonchev–Trinajstić information content (AvgIpc) is 2.35. The molecule has 3 nitrogen and oxygen atoms in total. The van der Waals surface area contributed by atoms with Gasteiger partial charge in [-0.2, -0.15) is 5.26 Å². The first-order valence-electron chi connectivity index (χ1n) is 5.46. The molecule has 4 heteroatoms. The highest BCUT2D eigenvalue weighted by Crippen LogP contribution is 2.11. The topological polar surface area (TPSA) is 45.8 Å². The Morgan fingerprint density at radius 3 is 2.78 bits per heavy atom. The van der Waals surface area contributed by atoms with Crippen LogP contribution in [0.3, 0.4) is 0 Å². The maximum atomic E-state index is 13.6. The fourth-order valence-corrected chi connectivity index (χ4v) is 1.69. The second-order valence-electron chi connectivity index (χ2n) is 4.09. The van der Waals surface area contributed by atoms with Gasteiger partial charge in [0, 0.05) is 17.8 Å². The number of aromatic nitrogens is 1. The number of rotatable bonds is 2. The van der Waals surface area contributed by atoms with Gasteiger partial charge in [-0.05, 0) is 36.8 Å². The Morgan fingerprint density at radius 2 is 2.11 bits per heavy atom. The summed E-state index contributed by atoms with van der Waals surface area (Å²) in [6, 6.07) is 9.34. The lowest BCUT2D eigenvalue weighted by atomic mass is 10.1. The van der Waals surface area contributed by atoms with Crippen molar-refractivity contribution in [3.05, 3.63) is 69.4 Å². The van der Waals surface area contributed by atoms with E-state index in [0.29, 0.717) is 11.1 Å². The van der Waals surface area contributed by atoms with E-state index in [4.69, 9.17) is 5.26 Å². The van der Waals surface area contributed by atoms with Crippen LogP contribution in [0.4, 0.5) is 4.39 Å². The first-order chi connectivity index (χ1) is 8.60. The predicted octanol–water partition coefficient (Wildman–Crippen LogP) is 2.22. The SMILES string of the molecule is Cc1ccn(Cc2cc(C#N)ccc2F)c(=O)c1. The van der Waals surface area contributed by atoms with Crippen LogP contribution in [0.5, 0.6) is 0 Å². The van der Waals surface area contributed by atoms with E-state index in [-0.39, 0.29) is 12.1 Å². The predicted molar refractivity (Wildman–Crippen MR) is 65.7 cm³/mol. The van der Waals surface area contributed by atoms with Crippen LogP contribution in [-0.2, 0) is 6.54 Å². The number of nitrogens with zero attached hydrogens (tertiary/aromatic N) is 2. The van der Waals surface area contributed by atoms with Crippen LogP contribution in [0.15, 0.2) is 41.3 Å². The summed E-state index contributed by atoms with van der Waals surface area (Å²) in [5, 5.41) is 8.77. The van der Waals surface area contributed by atoms with Gasteiger partial charge in [-0.25, -0.2) is 4.39 Å². The summed E-state index contributed by atoms with van der Waals surface area (Å²) in [7, 11) is 0. The number of benzene rings is 1. The van der Waals surface area contributed by atoms with Gasteiger partial charge in [0.05, 0.1) is 18.2 Å². The van der Waals surface area contributed by atoms with Crippen molar-refractivity contribution < 1.29 is 4.39 Å². The van der Waals surface area contributed by atoms with Crippen LogP contribution < -0.4 is 5.56 Å². The molecule has 0 fully saturated rings. The highest BCUT2D eigenvalue weighted by molar-refractivity contribution is 5.34. The smallest absolute Gasteiger partial charge is 0.251 e. The molecule has 0 aliphatic carbocycles. The number of hydrogen-bond donors (Lipinski definition) is 0. The molecule has 0 atom stereocenters. The van der Waals surface area contributed by atoms with E-state index in [0.717, 1.165) is 5.56 Å². The molecule has 2 rings (SSSR count). The van der Waals surface area contributed by atoms with E-state index >= 15 is 0 Å². The molecule has 0 saturated carbocycles. The minimum Gasteiger partial charge on any atom is -0.311 e. The normalized spacial score (nSPS) is 10.1. The minimum absolute atomic E-state index is 0.125. The summed E-state index contributed by atoms with van der Waals surface area (Å²) < 4.78 is 15.0. The molecule has 1 aromatic carbocycles. The summed E-state index contributed by atoms with van der Waals surface area (Å²) in [5.74, 6) is -0.415. The zero-order valence-corrected chi connectivity index (χ0v) is 9.85. The van der Waals surface area contributed by atoms with Crippen LogP contribution >= 0.6 is 0 Å². The highest BCUT2D eigenvalue weighted by atomic mass is 19.1. The molecule has 0 radical (unpaired) electrons. The van der Waals surface area contributed by atoms with Crippen molar-refractivity contribution in [2.45, 2.75) is 13.5 Å². The standard InChI is InChI=1S/C14H11FN2O/c1-10-4-5-17(14(18)6-10)9-12-7-11(8-16)2-3-13(12)15/h2-7H,9H2,1H3. The number of aryl methyl sites for hydroxylation is 1. The Hall–Kier alpha value is -2.41. The van der Waals surface area contributed by atoms with Crippen molar-refractivity contribution >= 4 is 0 Å². The first-order valence-corrected chi connectivity index (χ1v) is 5.46. The molecule has 2 aromatic rings. The van der Waals surface area contributed by atoms with Gasteiger partial charge in [-0.3, -0.25) is 4.79 Å². The van der Waals surface area contributed by atoms with Crippen LogP contribution in [0, 0.1) is 24.1 Å². The van der Waals surface area contributed by atoms with E-state index in [9.17, 15) is 9.18 Å². The Bertz CT molecular complexity index is 683. The van der Waals surface area contributed by atoms with Crippen molar-refractivity contribution in [3.8, 4) is 6.07 Å². The van der Waals surface area contributed by atoms with Gasteiger partial charge in [0.2, 0.25) is 0 Å². The van der Waals surface area contributed by atoms with Crippen molar-refractivity contribution in [3.63, 3.8) is 0 Å². The second kappa shape index (κ2) is 4.84. The fraction of sp³-hybridized carbons (Fsp3) is 0.143. The summed E-state index contributed by atoms with van der Waals surface area (Å²) in [5.41, 5.74) is 1.39. The van der Waals surface area contributed by atoms with Crippen molar-refractivity contribution in [1.82, 2.24) is 4.57 Å². The van der Waals surface area contributed by atoms with E-state index in [1.54, 1.807) is 12.3 Å². The number of pyridine rings is 1. The van der Waals surface area contributed by atoms with Crippen LogP contribution in [0.25, 0.3) is 0 Å². The molecule has 0 amide bonds. The first kappa shape index (κ1) is 12.1. The highest BCUT2D eigenvalue weighted by Gasteiger charge is 2.05. The maximum absolute atomic E-state index is 13.6. The Balaban J connectivity index is 2.40. The van der Waals surface area contributed by atoms with Gasteiger partial charge >= 0.3 is 0 Å². The van der Waals surface area contributed by atoms with Gasteiger partial charge in [-0.15, -0.1) is 0 Å². The molecule has 1 heterocycles. The molecule has 0 bridgehead atoms. The molecular formula is C14H11FN2O. The average molecular weight is 242 g/mol. The Labute approximate surface area is 104 Å². The van der Waals surface area contributed by atoms with Crippen molar-refractivity contribution in [2.75, 3.05) is 0 Å². The minimum atomic E-state index is -0.415. The molecule has 1 aromatic heterocycles. The fourth-order valence-electron chi connectivity index (χ4n) is 1.69. The second-order valence-corrected chi connectivity index (χ2v) is 4.09.